The number of ether oxygens (including phenoxy) is 1. The van der Waals surface area contributed by atoms with Crippen LogP contribution in [0.25, 0.3) is 0 Å². The molecule has 2 aliphatic heterocycles. The predicted molar refractivity (Wildman–Crippen MR) is 121 cm³/mol. The number of carbonyl (C=O) groups is 2. The molecule has 2 fully saturated rings. The molecule has 3 heterocycles. The first-order chi connectivity index (χ1) is 15.5. The SMILES string of the molecule is CC(C)(C)OC(=O)N1CCC(CC(F)CC2CCN(c3nc(F)ccc3C(=O)O)CC2)CC1. The van der Waals surface area contributed by atoms with Crippen LogP contribution in [0.15, 0.2) is 12.1 Å². The van der Waals surface area contributed by atoms with Crippen molar-refractivity contribution in [2.75, 3.05) is 31.1 Å². The molecule has 7 nitrogen and oxygen atoms in total. The maximum Gasteiger partial charge on any atom is 0.410 e. The molecule has 2 saturated heterocycles. The molecule has 0 bridgehead atoms. The summed E-state index contributed by atoms with van der Waals surface area (Å²) in [7, 11) is 0. The maximum absolute atomic E-state index is 14.8. The fourth-order valence-electron chi connectivity index (χ4n) is 4.71. The van der Waals surface area contributed by atoms with Crippen molar-refractivity contribution in [3.8, 4) is 0 Å². The third kappa shape index (κ3) is 7.27. The van der Waals surface area contributed by atoms with Crippen LogP contribution in [0.2, 0.25) is 0 Å². The third-order valence-electron chi connectivity index (χ3n) is 6.43. The first-order valence-corrected chi connectivity index (χ1v) is 11.8. The number of aromatic nitrogens is 1. The molecule has 0 radical (unpaired) electrons. The summed E-state index contributed by atoms with van der Waals surface area (Å²) in [6.45, 7) is 7.78. The number of hydrogen-bond acceptors (Lipinski definition) is 5. The number of pyridine rings is 1. The molecule has 1 unspecified atom stereocenters. The van der Waals surface area contributed by atoms with Gasteiger partial charge in [0, 0.05) is 26.2 Å². The van der Waals surface area contributed by atoms with Gasteiger partial charge < -0.3 is 19.6 Å². The zero-order valence-corrected chi connectivity index (χ0v) is 19.7. The Hall–Kier alpha value is -2.45. The second-order valence-corrected chi connectivity index (χ2v) is 10.2. The molecular weight excluding hydrogens is 432 g/mol. The van der Waals surface area contributed by atoms with E-state index in [0.717, 1.165) is 31.7 Å². The molecular formula is C24H35F2N3O4. The molecule has 1 amide bonds. The molecule has 33 heavy (non-hydrogen) atoms. The van der Waals surface area contributed by atoms with Crippen molar-refractivity contribution in [3.63, 3.8) is 0 Å². The van der Waals surface area contributed by atoms with E-state index in [1.54, 1.807) is 9.80 Å². The van der Waals surface area contributed by atoms with Crippen molar-refractivity contribution in [1.29, 1.82) is 0 Å². The zero-order chi connectivity index (χ0) is 24.2. The van der Waals surface area contributed by atoms with Crippen LogP contribution in [0.1, 0.15) is 69.7 Å². The minimum atomic E-state index is -1.14. The van der Waals surface area contributed by atoms with Crippen LogP contribution in [0.4, 0.5) is 19.4 Å². The van der Waals surface area contributed by atoms with Gasteiger partial charge in [0.25, 0.3) is 0 Å². The molecule has 0 spiro atoms. The van der Waals surface area contributed by atoms with Gasteiger partial charge in [-0.2, -0.15) is 4.39 Å². The van der Waals surface area contributed by atoms with Crippen LogP contribution >= 0.6 is 0 Å². The summed E-state index contributed by atoms with van der Waals surface area (Å²) in [4.78, 5) is 30.9. The van der Waals surface area contributed by atoms with Crippen molar-refractivity contribution >= 4 is 17.9 Å². The van der Waals surface area contributed by atoms with Crippen LogP contribution in [0, 0.1) is 17.8 Å². The number of hydrogen-bond donors (Lipinski definition) is 1. The van der Waals surface area contributed by atoms with Gasteiger partial charge in [0.1, 0.15) is 23.2 Å². The zero-order valence-electron chi connectivity index (χ0n) is 19.7. The van der Waals surface area contributed by atoms with Crippen LogP contribution in [0.3, 0.4) is 0 Å². The Kier molecular flexibility index (Phi) is 8.13. The summed E-state index contributed by atoms with van der Waals surface area (Å²) in [5.74, 6) is -1.23. The van der Waals surface area contributed by atoms with Gasteiger partial charge in [-0.25, -0.2) is 19.0 Å². The fourth-order valence-corrected chi connectivity index (χ4v) is 4.71. The van der Waals surface area contributed by atoms with E-state index in [-0.39, 0.29) is 29.3 Å². The number of carbonyl (C=O) groups excluding carboxylic acids is 1. The highest BCUT2D eigenvalue weighted by molar-refractivity contribution is 5.93. The second kappa shape index (κ2) is 10.7. The minimum Gasteiger partial charge on any atom is -0.478 e. The summed E-state index contributed by atoms with van der Waals surface area (Å²) in [5, 5.41) is 9.34. The van der Waals surface area contributed by atoms with Crippen molar-refractivity contribution in [2.45, 2.75) is 71.1 Å². The Morgan fingerprint density at radius 1 is 1.09 bits per heavy atom. The third-order valence-corrected chi connectivity index (χ3v) is 6.43. The highest BCUT2D eigenvalue weighted by atomic mass is 19.1. The van der Waals surface area contributed by atoms with Crippen LogP contribution < -0.4 is 4.90 Å². The lowest BCUT2D eigenvalue weighted by Crippen LogP contribution is -2.42. The van der Waals surface area contributed by atoms with E-state index in [2.05, 4.69) is 4.98 Å². The number of amides is 1. The topological polar surface area (TPSA) is 83.0 Å². The molecule has 0 aliphatic carbocycles. The number of alkyl halides is 1. The Bertz CT molecular complexity index is 829. The summed E-state index contributed by atoms with van der Waals surface area (Å²) in [5.41, 5.74) is -0.538. The highest BCUT2D eigenvalue weighted by Crippen LogP contribution is 2.31. The van der Waals surface area contributed by atoms with Gasteiger partial charge in [0.05, 0.1) is 0 Å². The van der Waals surface area contributed by atoms with Gasteiger partial charge in [-0.15, -0.1) is 0 Å². The number of nitrogens with zero attached hydrogens (tertiary/aromatic N) is 3. The Morgan fingerprint density at radius 3 is 2.15 bits per heavy atom. The lowest BCUT2D eigenvalue weighted by atomic mass is 9.86. The number of piperidine rings is 2. The molecule has 0 saturated carbocycles. The maximum atomic E-state index is 14.8. The van der Waals surface area contributed by atoms with Gasteiger partial charge in [-0.05, 0) is 83.3 Å². The van der Waals surface area contributed by atoms with E-state index in [0.29, 0.717) is 39.0 Å². The van der Waals surface area contributed by atoms with E-state index < -0.39 is 23.7 Å². The smallest absolute Gasteiger partial charge is 0.410 e. The quantitative estimate of drug-likeness (QED) is 0.599. The number of likely N-dealkylation sites (tertiary alicyclic amines) is 1. The van der Waals surface area contributed by atoms with Crippen molar-refractivity contribution < 1.29 is 28.2 Å². The Labute approximate surface area is 194 Å². The van der Waals surface area contributed by atoms with E-state index in [4.69, 9.17) is 4.74 Å². The molecule has 1 aromatic heterocycles. The van der Waals surface area contributed by atoms with Crippen LogP contribution in [-0.4, -0.2) is 65.0 Å². The highest BCUT2D eigenvalue weighted by Gasteiger charge is 2.30. The average molecular weight is 468 g/mol. The Balaban J connectivity index is 1.42. The minimum absolute atomic E-state index is 0.0176. The van der Waals surface area contributed by atoms with Crippen molar-refractivity contribution in [2.24, 2.45) is 11.8 Å². The second-order valence-electron chi connectivity index (χ2n) is 10.2. The van der Waals surface area contributed by atoms with E-state index in [9.17, 15) is 23.5 Å². The largest absolute Gasteiger partial charge is 0.478 e. The Morgan fingerprint density at radius 2 is 1.64 bits per heavy atom. The predicted octanol–water partition coefficient (Wildman–Crippen LogP) is 4.90. The molecule has 9 heteroatoms. The fraction of sp³-hybridized carbons (Fsp3) is 0.708. The number of anilines is 1. The number of aromatic carboxylic acids is 1. The molecule has 0 aromatic carbocycles. The van der Waals surface area contributed by atoms with Crippen molar-refractivity contribution in [1.82, 2.24) is 9.88 Å². The van der Waals surface area contributed by atoms with Gasteiger partial charge >= 0.3 is 12.1 Å². The number of halogens is 2. The number of carboxylic acids is 1. The summed E-state index contributed by atoms with van der Waals surface area (Å²) in [6, 6.07) is 2.28. The van der Waals surface area contributed by atoms with E-state index >= 15 is 0 Å². The summed E-state index contributed by atoms with van der Waals surface area (Å²) < 4.78 is 33.8. The molecule has 1 aromatic rings. The molecule has 2 aliphatic rings. The number of carboxylic acid groups (broad SMARTS) is 1. The molecule has 1 atom stereocenters. The lowest BCUT2D eigenvalue weighted by Gasteiger charge is -2.35. The normalized spacial score (nSPS) is 19.4. The van der Waals surface area contributed by atoms with Gasteiger partial charge in [-0.3, -0.25) is 0 Å². The van der Waals surface area contributed by atoms with Gasteiger partial charge in [0.2, 0.25) is 5.95 Å². The first-order valence-electron chi connectivity index (χ1n) is 11.8. The molecule has 184 valence electrons. The monoisotopic (exact) mass is 467 g/mol. The molecule has 3 rings (SSSR count). The van der Waals surface area contributed by atoms with Crippen LogP contribution in [0.5, 0.6) is 0 Å². The first kappa shape index (κ1) is 25.2. The van der Waals surface area contributed by atoms with E-state index in [1.807, 2.05) is 20.8 Å². The van der Waals surface area contributed by atoms with Crippen LogP contribution in [-0.2, 0) is 4.74 Å². The summed E-state index contributed by atoms with van der Waals surface area (Å²) >= 11 is 0. The van der Waals surface area contributed by atoms with Crippen molar-refractivity contribution in [3.05, 3.63) is 23.6 Å². The standard InChI is InChI=1S/C24H35F2N3O4/c1-24(2,3)33-23(32)29-12-8-17(9-13-29)15-18(25)14-16-6-10-28(11-7-16)21-19(22(30)31)4-5-20(26)27-21/h4-5,16-18H,6-15H2,1-3H3,(H,30,31). The number of rotatable bonds is 6. The van der Waals surface area contributed by atoms with E-state index in [1.165, 1.54) is 6.07 Å². The van der Waals surface area contributed by atoms with Gasteiger partial charge in [0.15, 0.2) is 0 Å². The molecule has 1 N–H and O–H groups in total. The average Bonchev–Trinajstić information content (AvgIpc) is 2.73. The summed E-state index contributed by atoms with van der Waals surface area (Å²) in [6.07, 6.45) is 2.76. The van der Waals surface area contributed by atoms with Gasteiger partial charge in [-0.1, -0.05) is 0 Å². The lowest BCUT2D eigenvalue weighted by molar-refractivity contribution is 0.0170.